The smallest absolute Gasteiger partial charge is 0.188 e. The quantitative estimate of drug-likeness (QED) is 0.429. The van der Waals surface area contributed by atoms with Crippen LogP contribution in [0.15, 0.2) is 0 Å². The molecule has 0 aliphatic carbocycles. The minimum absolute atomic E-state index is 0.144. The van der Waals surface area contributed by atoms with Crippen molar-refractivity contribution in [2.75, 3.05) is 0 Å². The van der Waals surface area contributed by atoms with Gasteiger partial charge in [0.15, 0.2) is 5.79 Å². The molecule has 0 radical (unpaired) electrons. The van der Waals surface area contributed by atoms with Crippen molar-refractivity contribution in [1.29, 1.82) is 0 Å². The lowest BCUT2D eigenvalue weighted by molar-refractivity contribution is -0.220. The molecule has 0 bridgehead atoms. The third kappa shape index (κ3) is 1.78. The van der Waals surface area contributed by atoms with E-state index < -0.39 is 11.9 Å². The highest BCUT2D eigenvalue weighted by Gasteiger charge is 2.26. The van der Waals surface area contributed by atoms with E-state index in [4.69, 9.17) is 15.3 Å². The molecule has 0 fully saturated rings. The largest absolute Gasteiger partial charge is 0.388 e. The standard InChI is InChI=1S/C5H12O3/c1-3-5(7,8)4(2)6/h4,6-8H,3H2,1-2H3. The molecule has 3 nitrogen and oxygen atoms in total. The van der Waals surface area contributed by atoms with Crippen molar-refractivity contribution in [3.63, 3.8) is 0 Å². The summed E-state index contributed by atoms with van der Waals surface area (Å²) in [5.74, 6) is -1.90. The van der Waals surface area contributed by atoms with Crippen LogP contribution in [0.5, 0.6) is 0 Å². The van der Waals surface area contributed by atoms with Gasteiger partial charge in [0, 0.05) is 6.42 Å². The SMILES string of the molecule is CCC(O)(O)C(C)O. The molecule has 0 saturated heterocycles. The molecular weight excluding hydrogens is 108 g/mol. The van der Waals surface area contributed by atoms with Gasteiger partial charge in [-0.2, -0.15) is 0 Å². The lowest BCUT2D eigenvalue weighted by Crippen LogP contribution is -2.39. The minimum atomic E-state index is -1.90. The highest BCUT2D eigenvalue weighted by atomic mass is 16.5. The van der Waals surface area contributed by atoms with Crippen molar-refractivity contribution in [2.24, 2.45) is 0 Å². The number of hydrogen-bond acceptors (Lipinski definition) is 3. The van der Waals surface area contributed by atoms with E-state index in [-0.39, 0.29) is 6.42 Å². The van der Waals surface area contributed by atoms with Gasteiger partial charge in [0.2, 0.25) is 0 Å². The first kappa shape index (κ1) is 7.88. The Balaban J connectivity index is 3.71. The maximum atomic E-state index is 8.71. The lowest BCUT2D eigenvalue weighted by Gasteiger charge is -2.22. The second-order valence-corrected chi connectivity index (χ2v) is 1.91. The average Bonchev–Trinajstić information content (AvgIpc) is 1.67. The second kappa shape index (κ2) is 2.44. The third-order valence-corrected chi connectivity index (χ3v) is 1.19. The first-order chi connectivity index (χ1) is 3.50. The van der Waals surface area contributed by atoms with Crippen LogP contribution in [0.25, 0.3) is 0 Å². The summed E-state index contributed by atoms with van der Waals surface area (Å²) >= 11 is 0. The van der Waals surface area contributed by atoms with Crippen LogP contribution in [0.3, 0.4) is 0 Å². The van der Waals surface area contributed by atoms with Crippen LogP contribution < -0.4 is 0 Å². The monoisotopic (exact) mass is 120 g/mol. The molecule has 0 aromatic heterocycles. The predicted octanol–water partition coefficient (Wildman–Crippen LogP) is -0.542. The summed E-state index contributed by atoms with van der Waals surface area (Å²) in [6.45, 7) is 2.93. The van der Waals surface area contributed by atoms with E-state index in [9.17, 15) is 0 Å². The van der Waals surface area contributed by atoms with E-state index in [1.165, 1.54) is 6.92 Å². The van der Waals surface area contributed by atoms with Gasteiger partial charge in [-0.1, -0.05) is 6.92 Å². The molecular formula is C5H12O3. The first-order valence-electron chi connectivity index (χ1n) is 2.63. The summed E-state index contributed by atoms with van der Waals surface area (Å²) in [6, 6.07) is 0. The summed E-state index contributed by atoms with van der Waals surface area (Å²) in [7, 11) is 0. The Morgan fingerprint density at radius 2 is 1.88 bits per heavy atom. The summed E-state index contributed by atoms with van der Waals surface area (Å²) < 4.78 is 0. The Bertz CT molecular complexity index is 68.1. The van der Waals surface area contributed by atoms with Crippen molar-refractivity contribution in [2.45, 2.75) is 32.2 Å². The molecule has 0 aromatic rings. The molecule has 1 atom stereocenters. The van der Waals surface area contributed by atoms with Crippen molar-refractivity contribution in [3.05, 3.63) is 0 Å². The molecule has 0 saturated carbocycles. The van der Waals surface area contributed by atoms with Crippen LogP contribution in [0.2, 0.25) is 0 Å². The van der Waals surface area contributed by atoms with Crippen LogP contribution in [-0.4, -0.2) is 27.2 Å². The highest BCUT2D eigenvalue weighted by molar-refractivity contribution is 4.67. The Morgan fingerprint density at radius 3 is 1.88 bits per heavy atom. The van der Waals surface area contributed by atoms with Crippen molar-refractivity contribution in [3.8, 4) is 0 Å². The van der Waals surface area contributed by atoms with Crippen LogP contribution in [0.4, 0.5) is 0 Å². The van der Waals surface area contributed by atoms with E-state index in [1.807, 2.05) is 0 Å². The number of aliphatic hydroxyl groups excluding tert-OH is 1. The topological polar surface area (TPSA) is 60.7 Å². The van der Waals surface area contributed by atoms with Crippen LogP contribution >= 0.6 is 0 Å². The normalized spacial score (nSPS) is 16.1. The fourth-order valence-electron chi connectivity index (χ4n) is 0.295. The molecule has 0 aliphatic heterocycles. The molecule has 3 N–H and O–H groups in total. The molecule has 0 heterocycles. The first-order valence-corrected chi connectivity index (χ1v) is 2.63. The fraction of sp³-hybridized carbons (Fsp3) is 1.00. The second-order valence-electron chi connectivity index (χ2n) is 1.91. The van der Waals surface area contributed by atoms with Gasteiger partial charge in [0.1, 0.15) is 6.10 Å². The van der Waals surface area contributed by atoms with Gasteiger partial charge in [0.25, 0.3) is 0 Å². The van der Waals surface area contributed by atoms with E-state index in [1.54, 1.807) is 6.92 Å². The molecule has 0 rings (SSSR count). The van der Waals surface area contributed by atoms with Gasteiger partial charge in [-0.3, -0.25) is 0 Å². The predicted molar refractivity (Wildman–Crippen MR) is 29.1 cm³/mol. The zero-order valence-electron chi connectivity index (χ0n) is 5.13. The minimum Gasteiger partial charge on any atom is -0.388 e. The van der Waals surface area contributed by atoms with Crippen LogP contribution in [0, 0.1) is 0 Å². The maximum absolute atomic E-state index is 8.71. The molecule has 0 aromatic carbocycles. The maximum Gasteiger partial charge on any atom is 0.188 e. The van der Waals surface area contributed by atoms with Gasteiger partial charge < -0.3 is 15.3 Å². The van der Waals surface area contributed by atoms with Crippen molar-refractivity contribution < 1.29 is 15.3 Å². The Labute approximate surface area is 48.6 Å². The van der Waals surface area contributed by atoms with Gasteiger partial charge >= 0.3 is 0 Å². The number of rotatable bonds is 2. The summed E-state index contributed by atoms with van der Waals surface area (Å²) in [5, 5.41) is 26.0. The van der Waals surface area contributed by atoms with E-state index in [0.717, 1.165) is 0 Å². The molecule has 8 heavy (non-hydrogen) atoms. The fourth-order valence-corrected chi connectivity index (χ4v) is 0.295. The van der Waals surface area contributed by atoms with E-state index >= 15 is 0 Å². The van der Waals surface area contributed by atoms with Gasteiger partial charge in [-0.25, -0.2) is 0 Å². The molecule has 0 amide bonds. The molecule has 50 valence electrons. The van der Waals surface area contributed by atoms with Crippen LogP contribution in [-0.2, 0) is 0 Å². The number of aliphatic hydroxyl groups is 3. The summed E-state index contributed by atoms with van der Waals surface area (Å²) in [6.07, 6.45) is -0.933. The van der Waals surface area contributed by atoms with E-state index in [2.05, 4.69) is 0 Å². The number of hydrogen-bond donors (Lipinski definition) is 3. The van der Waals surface area contributed by atoms with Crippen LogP contribution in [0.1, 0.15) is 20.3 Å². The summed E-state index contributed by atoms with van der Waals surface area (Å²) in [4.78, 5) is 0. The Morgan fingerprint density at radius 1 is 1.50 bits per heavy atom. The van der Waals surface area contributed by atoms with Gasteiger partial charge in [-0.15, -0.1) is 0 Å². The Kier molecular flexibility index (Phi) is 2.40. The van der Waals surface area contributed by atoms with Gasteiger partial charge in [0.05, 0.1) is 0 Å². The zero-order chi connectivity index (χ0) is 6.78. The summed E-state index contributed by atoms with van der Waals surface area (Å²) in [5.41, 5.74) is 0. The zero-order valence-corrected chi connectivity index (χ0v) is 5.13. The molecule has 0 spiro atoms. The third-order valence-electron chi connectivity index (χ3n) is 1.19. The lowest BCUT2D eigenvalue weighted by atomic mass is 10.1. The molecule has 1 unspecified atom stereocenters. The van der Waals surface area contributed by atoms with Crippen molar-refractivity contribution in [1.82, 2.24) is 0 Å². The average molecular weight is 120 g/mol. The van der Waals surface area contributed by atoms with Crippen molar-refractivity contribution >= 4 is 0 Å². The van der Waals surface area contributed by atoms with Gasteiger partial charge in [-0.05, 0) is 6.92 Å². The molecule has 0 aliphatic rings. The Hall–Kier alpha value is -0.120. The van der Waals surface area contributed by atoms with E-state index in [0.29, 0.717) is 0 Å². The molecule has 3 heteroatoms. The highest BCUT2D eigenvalue weighted by Crippen LogP contribution is 2.09.